The Hall–Kier alpha value is -2.41. The van der Waals surface area contributed by atoms with E-state index in [2.05, 4.69) is 5.32 Å². The summed E-state index contributed by atoms with van der Waals surface area (Å²) in [5, 5.41) is 3.06. The summed E-state index contributed by atoms with van der Waals surface area (Å²) < 4.78 is 0. The Morgan fingerprint density at radius 1 is 1.04 bits per heavy atom. The van der Waals surface area contributed by atoms with Crippen molar-refractivity contribution in [2.45, 2.75) is 6.54 Å². The van der Waals surface area contributed by atoms with Gasteiger partial charge in [-0.2, -0.15) is 0 Å². The Morgan fingerprint density at radius 3 is 2.04 bits per heavy atom. The van der Waals surface area contributed by atoms with Crippen molar-refractivity contribution in [3.63, 3.8) is 0 Å². The van der Waals surface area contributed by atoms with E-state index in [-0.39, 0.29) is 45.6 Å². The molecule has 0 bridgehead atoms. The lowest BCUT2D eigenvalue weighted by Gasteiger charge is -2.20. The molecule has 1 atom stereocenters. The average molecular weight is 407 g/mol. The maximum atomic E-state index is 12.6. The van der Waals surface area contributed by atoms with Gasteiger partial charge in [-0.25, -0.2) is 4.90 Å². The Balaban J connectivity index is 1.69. The highest BCUT2D eigenvalue weighted by Gasteiger charge is 2.38. The quantitative estimate of drug-likeness (QED) is 0.741. The standard InChI is InChI=1S/C19H17Cl2N3O3/c1-22-17(25)12-5-3-11(4-6-12)9-23(2)10-24-18(26)13-7-15(20)16(21)8-14(13)19(24)27/h3-8H,9-10H2,1-2H3,(H,22,25)/p+1. The summed E-state index contributed by atoms with van der Waals surface area (Å²) >= 11 is 11.9. The number of carbonyl (C=O) groups is 3. The molecule has 0 fully saturated rings. The van der Waals surface area contributed by atoms with E-state index in [1.807, 2.05) is 19.2 Å². The van der Waals surface area contributed by atoms with Crippen LogP contribution in [-0.4, -0.2) is 43.4 Å². The van der Waals surface area contributed by atoms with Gasteiger partial charge in [-0.3, -0.25) is 14.4 Å². The van der Waals surface area contributed by atoms with E-state index in [0.29, 0.717) is 12.1 Å². The van der Waals surface area contributed by atoms with Crippen LogP contribution in [0.4, 0.5) is 0 Å². The first-order valence-corrected chi connectivity index (χ1v) is 9.05. The van der Waals surface area contributed by atoms with Crippen molar-refractivity contribution in [3.8, 4) is 0 Å². The Bertz CT molecular complexity index is 888. The normalized spacial score (nSPS) is 14.3. The van der Waals surface area contributed by atoms with Crippen molar-refractivity contribution < 1.29 is 19.3 Å². The lowest BCUT2D eigenvalue weighted by molar-refractivity contribution is -0.901. The van der Waals surface area contributed by atoms with E-state index >= 15 is 0 Å². The molecule has 27 heavy (non-hydrogen) atoms. The number of nitrogens with one attached hydrogen (secondary N) is 2. The van der Waals surface area contributed by atoms with Gasteiger partial charge in [0.05, 0.1) is 28.2 Å². The molecule has 6 nitrogen and oxygen atoms in total. The zero-order chi connectivity index (χ0) is 19.7. The highest BCUT2D eigenvalue weighted by Crippen LogP contribution is 2.31. The van der Waals surface area contributed by atoms with E-state index in [9.17, 15) is 14.4 Å². The fourth-order valence-corrected chi connectivity index (χ4v) is 3.35. The first kappa shape index (κ1) is 19.4. The molecule has 1 aliphatic heterocycles. The van der Waals surface area contributed by atoms with Crippen LogP contribution in [0, 0.1) is 0 Å². The van der Waals surface area contributed by atoms with Crippen molar-refractivity contribution in [2.75, 3.05) is 20.8 Å². The van der Waals surface area contributed by atoms with Crippen molar-refractivity contribution in [2.24, 2.45) is 0 Å². The van der Waals surface area contributed by atoms with Gasteiger partial charge in [0.25, 0.3) is 17.7 Å². The van der Waals surface area contributed by atoms with E-state index in [1.165, 1.54) is 17.0 Å². The number of quaternary nitrogens is 1. The van der Waals surface area contributed by atoms with E-state index in [1.54, 1.807) is 19.2 Å². The predicted octanol–water partition coefficient (Wildman–Crippen LogP) is 1.62. The molecule has 3 amide bonds. The molecule has 1 unspecified atom stereocenters. The molecule has 2 aromatic carbocycles. The number of hydrogen-bond acceptors (Lipinski definition) is 3. The van der Waals surface area contributed by atoms with Gasteiger partial charge in [0, 0.05) is 18.2 Å². The summed E-state index contributed by atoms with van der Waals surface area (Å²) in [6.45, 7) is 0.793. The summed E-state index contributed by atoms with van der Waals surface area (Å²) in [7, 11) is 3.47. The number of halogens is 2. The minimum absolute atomic E-state index is 0.148. The molecule has 1 heterocycles. The summed E-state index contributed by atoms with van der Waals surface area (Å²) in [6.07, 6.45) is 0. The second-order valence-corrected chi connectivity index (χ2v) is 7.23. The van der Waals surface area contributed by atoms with Crippen molar-refractivity contribution in [1.82, 2.24) is 10.2 Å². The number of rotatable bonds is 5. The first-order valence-electron chi connectivity index (χ1n) is 8.29. The fourth-order valence-electron chi connectivity index (χ4n) is 3.02. The van der Waals surface area contributed by atoms with Crippen molar-refractivity contribution in [3.05, 3.63) is 68.7 Å². The van der Waals surface area contributed by atoms with Crippen LogP contribution in [-0.2, 0) is 6.54 Å². The van der Waals surface area contributed by atoms with Crippen LogP contribution in [0.5, 0.6) is 0 Å². The molecule has 0 saturated carbocycles. The summed E-state index contributed by atoms with van der Waals surface area (Å²) in [5.41, 5.74) is 2.12. The number of imide groups is 1. The van der Waals surface area contributed by atoms with Crippen molar-refractivity contribution in [1.29, 1.82) is 0 Å². The molecule has 0 saturated heterocycles. The van der Waals surface area contributed by atoms with Gasteiger partial charge in [-0.15, -0.1) is 0 Å². The minimum atomic E-state index is -0.372. The number of carbonyl (C=O) groups excluding carboxylic acids is 3. The van der Waals surface area contributed by atoms with Gasteiger partial charge in [-0.05, 0) is 24.3 Å². The van der Waals surface area contributed by atoms with E-state index < -0.39 is 0 Å². The number of nitrogens with zero attached hydrogens (tertiary/aromatic N) is 1. The van der Waals surface area contributed by atoms with Gasteiger partial charge < -0.3 is 10.2 Å². The zero-order valence-corrected chi connectivity index (χ0v) is 16.3. The highest BCUT2D eigenvalue weighted by atomic mass is 35.5. The second-order valence-electron chi connectivity index (χ2n) is 6.42. The molecule has 0 aliphatic carbocycles. The van der Waals surface area contributed by atoms with Gasteiger partial charge >= 0.3 is 0 Å². The van der Waals surface area contributed by atoms with Crippen LogP contribution in [0.3, 0.4) is 0 Å². The van der Waals surface area contributed by atoms with E-state index in [4.69, 9.17) is 23.2 Å². The summed E-state index contributed by atoms with van der Waals surface area (Å²) in [4.78, 5) is 38.8. The lowest BCUT2D eigenvalue weighted by atomic mass is 10.1. The van der Waals surface area contributed by atoms with Gasteiger partial charge in [-0.1, -0.05) is 35.3 Å². The third-order valence-electron chi connectivity index (χ3n) is 4.39. The molecule has 0 spiro atoms. The van der Waals surface area contributed by atoms with Crippen molar-refractivity contribution >= 4 is 40.9 Å². The molecule has 0 radical (unpaired) electrons. The molecule has 3 rings (SSSR count). The number of amides is 3. The average Bonchev–Trinajstić information content (AvgIpc) is 2.86. The van der Waals surface area contributed by atoms with Crippen LogP contribution in [0.1, 0.15) is 36.6 Å². The molecule has 140 valence electrons. The largest absolute Gasteiger partial charge is 0.355 e. The maximum Gasteiger partial charge on any atom is 0.266 e. The SMILES string of the molecule is CNC(=O)c1ccc(C[NH+](C)CN2C(=O)c3cc(Cl)c(Cl)cc3C2=O)cc1. The number of hydrogen-bond donors (Lipinski definition) is 2. The highest BCUT2D eigenvalue weighted by molar-refractivity contribution is 6.43. The number of benzene rings is 2. The smallest absolute Gasteiger partial charge is 0.266 e. The second kappa shape index (κ2) is 7.68. The molecule has 2 aromatic rings. The molecular weight excluding hydrogens is 389 g/mol. The zero-order valence-electron chi connectivity index (χ0n) is 14.8. The van der Waals surface area contributed by atoms with Gasteiger partial charge in [0.1, 0.15) is 6.54 Å². The van der Waals surface area contributed by atoms with Gasteiger partial charge in [0.2, 0.25) is 0 Å². The number of fused-ring (bicyclic) bond motifs is 1. The van der Waals surface area contributed by atoms with Crippen LogP contribution in [0.25, 0.3) is 0 Å². The van der Waals surface area contributed by atoms with Crippen LogP contribution in [0.15, 0.2) is 36.4 Å². The van der Waals surface area contributed by atoms with Crippen LogP contribution in [0.2, 0.25) is 10.0 Å². The fraction of sp³-hybridized carbons (Fsp3) is 0.211. The monoisotopic (exact) mass is 406 g/mol. The van der Waals surface area contributed by atoms with Crippen LogP contribution < -0.4 is 10.2 Å². The predicted molar refractivity (Wildman–Crippen MR) is 102 cm³/mol. The first-order chi connectivity index (χ1) is 12.8. The summed E-state index contributed by atoms with van der Waals surface area (Å²) in [5.74, 6) is -0.892. The van der Waals surface area contributed by atoms with Gasteiger partial charge in [0.15, 0.2) is 6.67 Å². The lowest BCUT2D eigenvalue weighted by Crippen LogP contribution is -3.09. The third-order valence-corrected chi connectivity index (χ3v) is 5.11. The Labute approximate surface area is 166 Å². The Kier molecular flexibility index (Phi) is 5.51. The molecular formula is C19H18Cl2N3O3+. The molecule has 8 heteroatoms. The molecule has 2 N–H and O–H groups in total. The Morgan fingerprint density at radius 2 is 1.56 bits per heavy atom. The summed E-state index contributed by atoms with van der Waals surface area (Å²) in [6, 6.07) is 10.1. The van der Waals surface area contributed by atoms with E-state index in [0.717, 1.165) is 10.5 Å². The third kappa shape index (κ3) is 3.83. The minimum Gasteiger partial charge on any atom is -0.355 e. The maximum absolute atomic E-state index is 12.6. The molecule has 1 aliphatic rings. The van der Waals surface area contributed by atoms with Crippen LogP contribution >= 0.6 is 23.2 Å². The molecule has 0 aromatic heterocycles. The topological polar surface area (TPSA) is 70.9 Å².